The number of pyridine rings is 1. The smallest absolute Gasteiger partial charge is 0.224 e. The number of amides is 1. The van der Waals surface area contributed by atoms with E-state index in [0.29, 0.717) is 12.6 Å². The Bertz CT molecular complexity index is 804. The first kappa shape index (κ1) is 20.9. The molecule has 2 aromatic rings. The van der Waals surface area contributed by atoms with Gasteiger partial charge in [0.25, 0.3) is 0 Å². The van der Waals surface area contributed by atoms with Crippen LogP contribution in [0.3, 0.4) is 0 Å². The fraction of sp³-hybridized carbons (Fsp3) is 0.565. The Balaban J connectivity index is 1.23. The third kappa shape index (κ3) is 5.61. The average Bonchev–Trinajstić information content (AvgIpc) is 2.80. The van der Waals surface area contributed by atoms with Crippen LogP contribution in [0.1, 0.15) is 42.6 Å². The molecule has 2 aliphatic rings. The molecular formula is C23H32N6O. The normalized spacial score (nSPS) is 21.4. The standard InChI is InChI=1S/C23H32N6O/c1-18-25-14-20(15-26-18)16-28-10-6-22(7-11-28)29-9-3-5-21(17-29)23(30)27-13-19-4-2-8-24-12-19/h2,4,8,12,14-15,21-22H,3,5-7,9-11,13,16-17H2,1H3,(H,27,30)/t21-/m0/s1. The van der Waals surface area contributed by atoms with Gasteiger partial charge >= 0.3 is 0 Å². The average molecular weight is 409 g/mol. The van der Waals surface area contributed by atoms with Crippen molar-refractivity contribution in [3.8, 4) is 0 Å². The Labute approximate surface area is 178 Å². The van der Waals surface area contributed by atoms with E-state index in [9.17, 15) is 4.79 Å². The van der Waals surface area contributed by atoms with Gasteiger partial charge in [-0.15, -0.1) is 0 Å². The quantitative estimate of drug-likeness (QED) is 0.790. The van der Waals surface area contributed by atoms with Gasteiger partial charge in [-0.1, -0.05) is 6.07 Å². The van der Waals surface area contributed by atoms with E-state index in [2.05, 4.69) is 30.1 Å². The van der Waals surface area contributed by atoms with Crippen LogP contribution < -0.4 is 5.32 Å². The number of piperidine rings is 2. The molecule has 1 N–H and O–H groups in total. The third-order valence-corrected chi connectivity index (χ3v) is 6.33. The molecule has 0 unspecified atom stereocenters. The van der Waals surface area contributed by atoms with Crippen molar-refractivity contribution in [2.24, 2.45) is 5.92 Å². The maximum atomic E-state index is 12.7. The predicted octanol–water partition coefficient (Wildman–Crippen LogP) is 2.17. The molecule has 0 radical (unpaired) electrons. The SMILES string of the molecule is Cc1ncc(CN2CCC(N3CCC[C@H](C(=O)NCc4cccnc4)C3)CC2)cn1. The lowest BCUT2D eigenvalue weighted by molar-refractivity contribution is -0.127. The lowest BCUT2D eigenvalue weighted by Crippen LogP contribution is -2.50. The van der Waals surface area contributed by atoms with Gasteiger partial charge in [-0.05, 0) is 63.9 Å². The summed E-state index contributed by atoms with van der Waals surface area (Å²) >= 11 is 0. The zero-order valence-electron chi connectivity index (χ0n) is 17.8. The number of hydrogen-bond acceptors (Lipinski definition) is 6. The van der Waals surface area contributed by atoms with Gasteiger partial charge in [0, 0.05) is 56.0 Å². The molecule has 4 heterocycles. The largest absolute Gasteiger partial charge is 0.352 e. The number of nitrogens with one attached hydrogen (secondary N) is 1. The van der Waals surface area contributed by atoms with E-state index < -0.39 is 0 Å². The van der Waals surface area contributed by atoms with E-state index in [1.165, 1.54) is 5.56 Å². The van der Waals surface area contributed by atoms with Crippen LogP contribution in [0.25, 0.3) is 0 Å². The number of carbonyl (C=O) groups excluding carboxylic acids is 1. The zero-order valence-corrected chi connectivity index (χ0v) is 17.8. The van der Waals surface area contributed by atoms with E-state index >= 15 is 0 Å². The topological polar surface area (TPSA) is 74.2 Å². The van der Waals surface area contributed by atoms with Crippen LogP contribution in [0.2, 0.25) is 0 Å². The highest BCUT2D eigenvalue weighted by Crippen LogP contribution is 2.24. The van der Waals surface area contributed by atoms with Gasteiger partial charge in [0.1, 0.15) is 5.82 Å². The lowest BCUT2D eigenvalue weighted by atomic mass is 9.93. The second-order valence-electron chi connectivity index (χ2n) is 8.56. The molecule has 2 aromatic heterocycles. The Hall–Kier alpha value is -2.38. The number of aryl methyl sites for hydroxylation is 1. The van der Waals surface area contributed by atoms with E-state index in [4.69, 9.17) is 0 Å². The Morgan fingerprint density at radius 1 is 1.10 bits per heavy atom. The number of aromatic nitrogens is 3. The summed E-state index contributed by atoms with van der Waals surface area (Å²) in [4.78, 5) is 30.5. The molecule has 160 valence electrons. The van der Waals surface area contributed by atoms with Crippen molar-refractivity contribution in [3.63, 3.8) is 0 Å². The monoisotopic (exact) mass is 408 g/mol. The van der Waals surface area contributed by atoms with Gasteiger partial charge in [0.15, 0.2) is 0 Å². The number of hydrogen-bond donors (Lipinski definition) is 1. The molecule has 2 saturated heterocycles. The molecule has 0 aliphatic carbocycles. The number of rotatable bonds is 6. The zero-order chi connectivity index (χ0) is 20.8. The summed E-state index contributed by atoms with van der Waals surface area (Å²) < 4.78 is 0. The third-order valence-electron chi connectivity index (χ3n) is 6.33. The molecule has 1 atom stereocenters. The lowest BCUT2D eigenvalue weighted by Gasteiger charge is -2.42. The Morgan fingerprint density at radius 3 is 2.63 bits per heavy atom. The minimum absolute atomic E-state index is 0.0955. The van der Waals surface area contributed by atoms with Crippen LogP contribution in [0.15, 0.2) is 36.9 Å². The number of carbonyl (C=O) groups is 1. The summed E-state index contributed by atoms with van der Waals surface area (Å²) in [6.45, 7) is 7.58. The van der Waals surface area contributed by atoms with E-state index in [1.807, 2.05) is 37.6 Å². The fourth-order valence-electron chi connectivity index (χ4n) is 4.59. The van der Waals surface area contributed by atoms with Crippen LogP contribution in [-0.2, 0) is 17.9 Å². The molecular weight excluding hydrogens is 376 g/mol. The summed E-state index contributed by atoms with van der Waals surface area (Å²) in [5.74, 6) is 1.10. The molecule has 0 spiro atoms. The summed E-state index contributed by atoms with van der Waals surface area (Å²) in [6.07, 6.45) is 11.9. The van der Waals surface area contributed by atoms with Crippen LogP contribution in [0.5, 0.6) is 0 Å². The summed E-state index contributed by atoms with van der Waals surface area (Å²) in [6, 6.07) is 4.49. The van der Waals surface area contributed by atoms with Crippen molar-refractivity contribution in [1.29, 1.82) is 0 Å². The van der Waals surface area contributed by atoms with Crippen molar-refractivity contribution < 1.29 is 4.79 Å². The van der Waals surface area contributed by atoms with Gasteiger partial charge in [-0.2, -0.15) is 0 Å². The van der Waals surface area contributed by atoms with E-state index in [0.717, 1.165) is 69.8 Å². The van der Waals surface area contributed by atoms with Crippen molar-refractivity contribution in [2.45, 2.75) is 51.7 Å². The van der Waals surface area contributed by atoms with Crippen molar-refractivity contribution >= 4 is 5.91 Å². The maximum absolute atomic E-state index is 12.7. The highest BCUT2D eigenvalue weighted by Gasteiger charge is 2.31. The molecule has 30 heavy (non-hydrogen) atoms. The molecule has 1 amide bonds. The van der Waals surface area contributed by atoms with Gasteiger partial charge in [0.2, 0.25) is 5.91 Å². The van der Waals surface area contributed by atoms with Crippen LogP contribution in [0.4, 0.5) is 0 Å². The molecule has 0 bridgehead atoms. The minimum atomic E-state index is 0.0955. The van der Waals surface area contributed by atoms with Gasteiger partial charge in [0.05, 0.1) is 5.92 Å². The van der Waals surface area contributed by atoms with E-state index in [1.54, 1.807) is 6.20 Å². The summed E-state index contributed by atoms with van der Waals surface area (Å²) in [7, 11) is 0. The number of likely N-dealkylation sites (tertiary alicyclic amines) is 2. The molecule has 7 nitrogen and oxygen atoms in total. The Morgan fingerprint density at radius 2 is 1.90 bits per heavy atom. The first-order valence-corrected chi connectivity index (χ1v) is 11.1. The van der Waals surface area contributed by atoms with Crippen LogP contribution in [-0.4, -0.2) is 62.9 Å². The summed E-state index contributed by atoms with van der Waals surface area (Å²) in [5, 5.41) is 3.10. The highest BCUT2D eigenvalue weighted by atomic mass is 16.1. The number of nitrogens with zero attached hydrogens (tertiary/aromatic N) is 5. The van der Waals surface area contributed by atoms with Crippen molar-refractivity contribution in [1.82, 2.24) is 30.1 Å². The first-order valence-electron chi connectivity index (χ1n) is 11.1. The minimum Gasteiger partial charge on any atom is -0.352 e. The fourth-order valence-corrected chi connectivity index (χ4v) is 4.59. The molecule has 2 fully saturated rings. The second kappa shape index (κ2) is 10.1. The molecule has 7 heteroatoms. The highest BCUT2D eigenvalue weighted by molar-refractivity contribution is 5.78. The van der Waals surface area contributed by atoms with Crippen molar-refractivity contribution in [3.05, 3.63) is 53.9 Å². The van der Waals surface area contributed by atoms with Gasteiger partial charge in [-0.3, -0.25) is 19.6 Å². The van der Waals surface area contributed by atoms with Gasteiger partial charge < -0.3 is 5.32 Å². The first-order chi connectivity index (χ1) is 14.7. The van der Waals surface area contributed by atoms with E-state index in [-0.39, 0.29) is 11.8 Å². The van der Waals surface area contributed by atoms with Crippen molar-refractivity contribution in [2.75, 3.05) is 26.2 Å². The van der Waals surface area contributed by atoms with Crippen LogP contribution in [0, 0.1) is 12.8 Å². The van der Waals surface area contributed by atoms with Crippen LogP contribution >= 0.6 is 0 Å². The molecule has 0 saturated carbocycles. The Kier molecular flexibility index (Phi) is 7.02. The molecule has 2 aliphatic heterocycles. The van der Waals surface area contributed by atoms with Gasteiger partial charge in [-0.25, -0.2) is 9.97 Å². The maximum Gasteiger partial charge on any atom is 0.224 e. The molecule has 4 rings (SSSR count). The molecule has 0 aromatic carbocycles. The second-order valence-corrected chi connectivity index (χ2v) is 8.56. The predicted molar refractivity (Wildman–Crippen MR) is 115 cm³/mol. The summed E-state index contributed by atoms with van der Waals surface area (Å²) in [5.41, 5.74) is 2.23.